The van der Waals surface area contributed by atoms with Gasteiger partial charge in [-0.05, 0) is 61.0 Å². The van der Waals surface area contributed by atoms with Gasteiger partial charge in [-0.25, -0.2) is 4.39 Å². The van der Waals surface area contributed by atoms with Crippen LogP contribution < -0.4 is 16.0 Å². The van der Waals surface area contributed by atoms with E-state index >= 15 is 0 Å². The molecule has 1 atom stereocenters. The van der Waals surface area contributed by atoms with Gasteiger partial charge < -0.3 is 16.0 Å². The number of nitrogens with one attached hydrogen (secondary N) is 3. The van der Waals surface area contributed by atoms with Crippen molar-refractivity contribution in [3.05, 3.63) is 65.5 Å². The minimum absolute atomic E-state index is 0.00277. The van der Waals surface area contributed by atoms with Crippen LogP contribution in [0, 0.1) is 17.7 Å². The van der Waals surface area contributed by atoms with Gasteiger partial charge in [0.05, 0.1) is 0 Å². The average Bonchev–Trinajstić information content (AvgIpc) is 2.60. The summed E-state index contributed by atoms with van der Waals surface area (Å²) >= 11 is 0. The van der Waals surface area contributed by atoms with Gasteiger partial charge in [0.25, 0.3) is 5.91 Å². The summed E-state index contributed by atoms with van der Waals surface area (Å²) in [7, 11) is 0. The Labute approximate surface area is 152 Å². The lowest BCUT2D eigenvalue weighted by Gasteiger charge is -2.31. The van der Waals surface area contributed by atoms with Crippen LogP contribution in [-0.2, 0) is 11.3 Å². The van der Waals surface area contributed by atoms with Crippen LogP contribution >= 0.6 is 0 Å². The lowest BCUT2D eigenvalue weighted by molar-refractivity contribution is -0.126. The summed E-state index contributed by atoms with van der Waals surface area (Å²) in [5.74, 6) is -0.158. The Morgan fingerprint density at radius 2 is 1.77 bits per heavy atom. The third-order valence-electron chi connectivity index (χ3n) is 4.72. The molecule has 2 aromatic carbocycles. The van der Waals surface area contributed by atoms with Crippen molar-refractivity contribution in [3.63, 3.8) is 0 Å². The second-order valence-corrected chi connectivity index (χ2v) is 6.58. The summed E-state index contributed by atoms with van der Waals surface area (Å²) in [4.78, 5) is 24.3. The summed E-state index contributed by atoms with van der Waals surface area (Å²) in [6, 6.07) is 12.7. The number of carbonyl (C=O) groups is 2. The van der Waals surface area contributed by atoms with Crippen LogP contribution in [0.1, 0.15) is 22.8 Å². The molecule has 1 aliphatic rings. The molecule has 1 unspecified atom stereocenters. The fraction of sp³-hybridized carbons (Fsp3) is 0.300. The SMILES string of the molecule is CC(C(=O)NCc1ccc(C(=O)Nc2ccc(F)cc2)cc1)C1CNC1. The van der Waals surface area contributed by atoms with E-state index in [9.17, 15) is 14.0 Å². The molecule has 26 heavy (non-hydrogen) atoms. The van der Waals surface area contributed by atoms with Crippen molar-refractivity contribution in [2.75, 3.05) is 18.4 Å². The van der Waals surface area contributed by atoms with Gasteiger partial charge >= 0.3 is 0 Å². The third-order valence-corrected chi connectivity index (χ3v) is 4.72. The second-order valence-electron chi connectivity index (χ2n) is 6.58. The minimum Gasteiger partial charge on any atom is -0.352 e. The molecule has 0 aliphatic carbocycles. The number of hydrogen-bond acceptors (Lipinski definition) is 3. The minimum atomic E-state index is -0.350. The van der Waals surface area contributed by atoms with Gasteiger partial charge in [-0.2, -0.15) is 0 Å². The molecule has 1 saturated heterocycles. The number of rotatable bonds is 6. The summed E-state index contributed by atoms with van der Waals surface area (Å²) in [5, 5.41) is 8.82. The summed E-state index contributed by atoms with van der Waals surface area (Å²) in [6.45, 7) is 4.17. The fourth-order valence-electron chi connectivity index (χ4n) is 2.74. The number of halogens is 1. The predicted octanol–water partition coefficient (Wildman–Crippen LogP) is 2.55. The van der Waals surface area contributed by atoms with Crippen LogP contribution in [0.15, 0.2) is 48.5 Å². The molecule has 3 rings (SSSR count). The number of hydrogen-bond donors (Lipinski definition) is 3. The van der Waals surface area contributed by atoms with Crippen molar-refractivity contribution < 1.29 is 14.0 Å². The normalized spacial score (nSPS) is 15.0. The van der Waals surface area contributed by atoms with Crippen molar-refractivity contribution in [2.24, 2.45) is 11.8 Å². The third kappa shape index (κ3) is 4.46. The Morgan fingerprint density at radius 3 is 2.35 bits per heavy atom. The van der Waals surface area contributed by atoms with E-state index in [1.165, 1.54) is 24.3 Å². The molecule has 3 N–H and O–H groups in total. The van der Waals surface area contributed by atoms with Crippen molar-refractivity contribution >= 4 is 17.5 Å². The highest BCUT2D eigenvalue weighted by molar-refractivity contribution is 6.04. The number of carbonyl (C=O) groups excluding carboxylic acids is 2. The molecule has 136 valence electrons. The molecule has 1 fully saturated rings. The zero-order valence-electron chi connectivity index (χ0n) is 14.6. The maximum atomic E-state index is 12.9. The molecular formula is C20H22FN3O2. The number of benzene rings is 2. The van der Waals surface area contributed by atoms with E-state index in [1.54, 1.807) is 12.1 Å². The smallest absolute Gasteiger partial charge is 0.255 e. The van der Waals surface area contributed by atoms with E-state index in [-0.39, 0.29) is 23.5 Å². The van der Waals surface area contributed by atoms with E-state index < -0.39 is 0 Å². The van der Waals surface area contributed by atoms with Crippen LogP contribution in [-0.4, -0.2) is 24.9 Å². The Kier molecular flexibility index (Phi) is 5.63. The lowest BCUT2D eigenvalue weighted by Crippen LogP contribution is -2.49. The summed E-state index contributed by atoms with van der Waals surface area (Å²) in [6.07, 6.45) is 0. The zero-order valence-corrected chi connectivity index (χ0v) is 14.6. The first-order chi connectivity index (χ1) is 12.5. The largest absolute Gasteiger partial charge is 0.352 e. The summed E-state index contributed by atoms with van der Waals surface area (Å²) in [5.41, 5.74) is 1.96. The molecule has 0 aromatic heterocycles. The zero-order chi connectivity index (χ0) is 18.5. The van der Waals surface area contributed by atoms with E-state index in [2.05, 4.69) is 16.0 Å². The van der Waals surface area contributed by atoms with E-state index in [1.807, 2.05) is 19.1 Å². The first-order valence-electron chi connectivity index (χ1n) is 8.67. The highest BCUT2D eigenvalue weighted by Gasteiger charge is 2.28. The molecule has 0 saturated carbocycles. The average molecular weight is 355 g/mol. The molecule has 5 nitrogen and oxygen atoms in total. The molecule has 0 radical (unpaired) electrons. The van der Waals surface area contributed by atoms with Gasteiger partial charge in [-0.3, -0.25) is 9.59 Å². The molecule has 1 heterocycles. The molecular weight excluding hydrogens is 333 g/mol. The van der Waals surface area contributed by atoms with Gasteiger partial charge in [0.2, 0.25) is 5.91 Å². The molecule has 1 aliphatic heterocycles. The van der Waals surface area contributed by atoms with Crippen LogP contribution in [0.4, 0.5) is 10.1 Å². The number of anilines is 1. The van der Waals surface area contributed by atoms with Gasteiger partial charge in [0, 0.05) is 23.7 Å². The standard InChI is InChI=1S/C20H22FN3O2/c1-13(16-11-22-12-16)19(25)23-10-14-2-4-15(5-3-14)20(26)24-18-8-6-17(21)7-9-18/h2-9,13,16,22H,10-12H2,1H3,(H,23,25)(H,24,26). The molecule has 0 bridgehead atoms. The van der Waals surface area contributed by atoms with Crippen LogP contribution in [0.3, 0.4) is 0 Å². The predicted molar refractivity (Wildman–Crippen MR) is 98.2 cm³/mol. The lowest BCUT2D eigenvalue weighted by atomic mass is 9.88. The highest BCUT2D eigenvalue weighted by atomic mass is 19.1. The Morgan fingerprint density at radius 1 is 1.12 bits per heavy atom. The van der Waals surface area contributed by atoms with E-state index in [0.29, 0.717) is 23.7 Å². The molecule has 2 amide bonds. The summed E-state index contributed by atoms with van der Waals surface area (Å²) < 4.78 is 12.9. The van der Waals surface area contributed by atoms with Crippen molar-refractivity contribution in [2.45, 2.75) is 13.5 Å². The quantitative estimate of drug-likeness (QED) is 0.746. The second kappa shape index (κ2) is 8.10. The Hall–Kier alpha value is -2.73. The van der Waals surface area contributed by atoms with Crippen molar-refractivity contribution in [1.29, 1.82) is 0 Å². The highest BCUT2D eigenvalue weighted by Crippen LogP contribution is 2.16. The Balaban J connectivity index is 1.51. The first-order valence-corrected chi connectivity index (χ1v) is 8.67. The van der Waals surface area contributed by atoms with Crippen LogP contribution in [0.25, 0.3) is 0 Å². The molecule has 0 spiro atoms. The molecule has 6 heteroatoms. The van der Waals surface area contributed by atoms with Gasteiger partial charge in [0.15, 0.2) is 0 Å². The molecule has 2 aromatic rings. The van der Waals surface area contributed by atoms with Crippen molar-refractivity contribution in [1.82, 2.24) is 10.6 Å². The fourth-order valence-corrected chi connectivity index (χ4v) is 2.74. The maximum Gasteiger partial charge on any atom is 0.255 e. The van der Waals surface area contributed by atoms with E-state index in [0.717, 1.165) is 18.7 Å². The topological polar surface area (TPSA) is 70.2 Å². The maximum absolute atomic E-state index is 12.9. The number of amides is 2. The van der Waals surface area contributed by atoms with Crippen LogP contribution in [0.2, 0.25) is 0 Å². The first kappa shape index (κ1) is 18.1. The van der Waals surface area contributed by atoms with Crippen LogP contribution in [0.5, 0.6) is 0 Å². The van der Waals surface area contributed by atoms with Crippen molar-refractivity contribution in [3.8, 4) is 0 Å². The van der Waals surface area contributed by atoms with Gasteiger partial charge in [0.1, 0.15) is 5.82 Å². The van der Waals surface area contributed by atoms with Gasteiger partial charge in [-0.1, -0.05) is 19.1 Å². The van der Waals surface area contributed by atoms with E-state index in [4.69, 9.17) is 0 Å². The Bertz CT molecular complexity index is 771. The monoisotopic (exact) mass is 355 g/mol. The van der Waals surface area contributed by atoms with Gasteiger partial charge in [-0.15, -0.1) is 0 Å².